The fourth-order valence-corrected chi connectivity index (χ4v) is 2.92. The average Bonchev–Trinajstić information content (AvgIpc) is 2.74. The summed E-state index contributed by atoms with van der Waals surface area (Å²) in [5.41, 5.74) is 1.16. The Balaban J connectivity index is 1.96. The van der Waals surface area contributed by atoms with Crippen molar-refractivity contribution in [3.63, 3.8) is 0 Å². The zero-order valence-corrected chi connectivity index (χ0v) is 11.4. The normalized spacial score (nSPS) is 26.9. The highest BCUT2D eigenvalue weighted by Gasteiger charge is 2.28. The van der Waals surface area contributed by atoms with E-state index in [2.05, 4.69) is 23.7 Å². The summed E-state index contributed by atoms with van der Waals surface area (Å²) in [4.78, 5) is 6.67. The van der Waals surface area contributed by atoms with E-state index >= 15 is 0 Å². The first-order chi connectivity index (χ1) is 8.63. The molecular weight excluding hydrogens is 252 g/mol. The lowest BCUT2D eigenvalue weighted by Crippen LogP contribution is -2.46. The Morgan fingerprint density at radius 3 is 2.78 bits per heavy atom. The molecule has 1 fully saturated rings. The quantitative estimate of drug-likeness (QED) is 0.732. The Morgan fingerprint density at radius 2 is 2.06 bits per heavy atom. The van der Waals surface area contributed by atoms with Gasteiger partial charge in [-0.2, -0.15) is 0 Å². The van der Waals surface area contributed by atoms with Gasteiger partial charge in [-0.3, -0.25) is 0 Å². The van der Waals surface area contributed by atoms with Crippen LogP contribution in [-0.2, 0) is 11.2 Å². The SMILES string of the molecule is CC1CN(c2nc(Cl)cc3c2OCC3)CC(C)O1. The lowest BCUT2D eigenvalue weighted by atomic mass is 10.2. The van der Waals surface area contributed by atoms with Crippen molar-refractivity contribution < 1.29 is 9.47 Å². The first-order valence-electron chi connectivity index (χ1n) is 6.36. The van der Waals surface area contributed by atoms with Crippen LogP contribution in [0.5, 0.6) is 5.75 Å². The van der Waals surface area contributed by atoms with Gasteiger partial charge in [0, 0.05) is 25.1 Å². The van der Waals surface area contributed by atoms with Gasteiger partial charge in [0.2, 0.25) is 0 Å². The molecule has 2 aliphatic heterocycles. The van der Waals surface area contributed by atoms with Crippen molar-refractivity contribution in [1.82, 2.24) is 4.98 Å². The predicted octanol–water partition coefficient (Wildman–Crippen LogP) is 2.28. The maximum absolute atomic E-state index is 6.10. The summed E-state index contributed by atoms with van der Waals surface area (Å²) in [6.45, 7) is 6.53. The molecule has 4 nitrogen and oxygen atoms in total. The smallest absolute Gasteiger partial charge is 0.173 e. The van der Waals surface area contributed by atoms with Crippen molar-refractivity contribution in [2.45, 2.75) is 32.5 Å². The van der Waals surface area contributed by atoms with Gasteiger partial charge in [0.1, 0.15) is 5.15 Å². The molecule has 98 valence electrons. The van der Waals surface area contributed by atoms with Gasteiger partial charge >= 0.3 is 0 Å². The highest BCUT2D eigenvalue weighted by molar-refractivity contribution is 6.29. The predicted molar refractivity (Wildman–Crippen MR) is 70.7 cm³/mol. The molecule has 0 aromatic carbocycles. The molecule has 0 spiro atoms. The Kier molecular flexibility index (Phi) is 3.08. The van der Waals surface area contributed by atoms with E-state index in [1.807, 2.05) is 6.07 Å². The summed E-state index contributed by atoms with van der Waals surface area (Å²) in [5.74, 6) is 1.78. The maximum atomic E-state index is 6.10. The third-order valence-corrected chi connectivity index (χ3v) is 3.53. The van der Waals surface area contributed by atoms with Crippen LogP contribution in [0.1, 0.15) is 19.4 Å². The van der Waals surface area contributed by atoms with Gasteiger partial charge in [0.25, 0.3) is 0 Å². The fraction of sp³-hybridized carbons (Fsp3) is 0.615. The summed E-state index contributed by atoms with van der Waals surface area (Å²) in [5, 5.41) is 0.543. The van der Waals surface area contributed by atoms with Crippen molar-refractivity contribution in [3.05, 3.63) is 16.8 Å². The molecule has 0 saturated carbocycles. The van der Waals surface area contributed by atoms with E-state index in [4.69, 9.17) is 21.1 Å². The number of fused-ring (bicyclic) bond motifs is 1. The van der Waals surface area contributed by atoms with Crippen LogP contribution in [0.15, 0.2) is 6.07 Å². The molecule has 1 saturated heterocycles. The van der Waals surface area contributed by atoms with E-state index in [1.54, 1.807) is 0 Å². The van der Waals surface area contributed by atoms with E-state index in [1.165, 1.54) is 0 Å². The molecule has 3 heterocycles. The van der Waals surface area contributed by atoms with Crippen molar-refractivity contribution in [2.75, 3.05) is 24.6 Å². The van der Waals surface area contributed by atoms with Gasteiger partial charge < -0.3 is 14.4 Å². The first-order valence-corrected chi connectivity index (χ1v) is 6.74. The number of pyridine rings is 1. The Bertz CT molecular complexity index is 457. The van der Waals surface area contributed by atoms with Crippen LogP contribution in [-0.4, -0.2) is 36.9 Å². The number of halogens is 1. The maximum Gasteiger partial charge on any atom is 0.173 e. The molecule has 0 bridgehead atoms. The number of aromatic nitrogens is 1. The van der Waals surface area contributed by atoms with E-state index in [-0.39, 0.29) is 12.2 Å². The third kappa shape index (κ3) is 2.15. The molecule has 0 N–H and O–H groups in total. The fourth-order valence-electron chi connectivity index (χ4n) is 2.71. The number of morpholine rings is 1. The second-order valence-electron chi connectivity index (χ2n) is 5.02. The van der Waals surface area contributed by atoms with Crippen LogP contribution < -0.4 is 9.64 Å². The van der Waals surface area contributed by atoms with Crippen LogP contribution in [0.2, 0.25) is 5.15 Å². The molecule has 1 aromatic heterocycles. The molecular formula is C13H17ClN2O2. The lowest BCUT2D eigenvalue weighted by molar-refractivity contribution is -0.00557. The Labute approximate surface area is 112 Å². The second kappa shape index (κ2) is 4.59. The van der Waals surface area contributed by atoms with Crippen molar-refractivity contribution in [1.29, 1.82) is 0 Å². The standard InChI is InChI=1S/C13H17ClN2O2/c1-8-6-16(7-9(2)18-8)13-12-10(3-4-17-12)5-11(14)15-13/h5,8-9H,3-4,6-7H2,1-2H3. The number of rotatable bonds is 1. The van der Waals surface area contributed by atoms with Gasteiger partial charge in [-0.05, 0) is 19.9 Å². The summed E-state index contributed by atoms with van der Waals surface area (Å²) < 4.78 is 11.4. The molecule has 2 unspecified atom stereocenters. The molecule has 2 atom stereocenters. The topological polar surface area (TPSA) is 34.6 Å². The Hall–Kier alpha value is -1.00. The summed E-state index contributed by atoms with van der Waals surface area (Å²) in [7, 11) is 0. The second-order valence-corrected chi connectivity index (χ2v) is 5.40. The monoisotopic (exact) mass is 268 g/mol. The molecule has 0 aliphatic carbocycles. The first kappa shape index (κ1) is 12.1. The molecule has 0 radical (unpaired) electrons. The zero-order valence-electron chi connectivity index (χ0n) is 10.6. The molecule has 0 amide bonds. The molecule has 5 heteroatoms. The van der Waals surface area contributed by atoms with Crippen molar-refractivity contribution in [3.8, 4) is 5.75 Å². The minimum absolute atomic E-state index is 0.201. The minimum Gasteiger partial charge on any atom is -0.489 e. The summed E-state index contributed by atoms with van der Waals surface area (Å²) in [6.07, 6.45) is 1.32. The molecule has 18 heavy (non-hydrogen) atoms. The van der Waals surface area contributed by atoms with Crippen LogP contribution >= 0.6 is 11.6 Å². The highest BCUT2D eigenvalue weighted by atomic mass is 35.5. The molecule has 1 aromatic rings. The highest BCUT2D eigenvalue weighted by Crippen LogP contribution is 2.37. The number of nitrogens with zero attached hydrogens (tertiary/aromatic N) is 2. The number of ether oxygens (including phenoxy) is 2. The number of hydrogen-bond donors (Lipinski definition) is 0. The summed E-state index contributed by atoms with van der Waals surface area (Å²) >= 11 is 6.10. The van der Waals surface area contributed by atoms with Gasteiger partial charge in [0.05, 0.1) is 18.8 Å². The van der Waals surface area contributed by atoms with Crippen LogP contribution in [0.3, 0.4) is 0 Å². The summed E-state index contributed by atoms with van der Waals surface area (Å²) in [6, 6.07) is 1.90. The van der Waals surface area contributed by atoms with Crippen molar-refractivity contribution in [2.24, 2.45) is 0 Å². The zero-order chi connectivity index (χ0) is 12.7. The van der Waals surface area contributed by atoms with E-state index in [9.17, 15) is 0 Å². The third-order valence-electron chi connectivity index (χ3n) is 3.34. The van der Waals surface area contributed by atoms with Crippen LogP contribution in [0.25, 0.3) is 0 Å². The molecule has 2 aliphatic rings. The number of anilines is 1. The largest absolute Gasteiger partial charge is 0.489 e. The number of hydrogen-bond acceptors (Lipinski definition) is 4. The van der Waals surface area contributed by atoms with E-state index < -0.39 is 0 Å². The van der Waals surface area contributed by atoms with Crippen molar-refractivity contribution >= 4 is 17.4 Å². The average molecular weight is 269 g/mol. The van der Waals surface area contributed by atoms with E-state index in [0.29, 0.717) is 5.15 Å². The minimum atomic E-state index is 0.201. The molecule has 3 rings (SSSR count). The van der Waals surface area contributed by atoms with E-state index in [0.717, 1.165) is 43.2 Å². The lowest BCUT2D eigenvalue weighted by Gasteiger charge is -2.36. The van der Waals surface area contributed by atoms with Gasteiger partial charge in [-0.25, -0.2) is 4.98 Å². The Morgan fingerprint density at radius 1 is 1.33 bits per heavy atom. The van der Waals surface area contributed by atoms with Gasteiger partial charge in [-0.1, -0.05) is 11.6 Å². The van der Waals surface area contributed by atoms with Crippen LogP contribution in [0, 0.1) is 0 Å². The van der Waals surface area contributed by atoms with Gasteiger partial charge in [0.15, 0.2) is 11.6 Å². The van der Waals surface area contributed by atoms with Crippen LogP contribution in [0.4, 0.5) is 5.82 Å². The van der Waals surface area contributed by atoms with Gasteiger partial charge in [-0.15, -0.1) is 0 Å².